The highest BCUT2D eigenvalue weighted by Crippen LogP contribution is 2.41. The van der Waals surface area contributed by atoms with E-state index in [1.807, 2.05) is 12.1 Å². The van der Waals surface area contributed by atoms with Gasteiger partial charge in [0.25, 0.3) is 6.43 Å². The standard InChI is InChI=1S/C17H25F2O2Si/c1-17(2,3)22(5)21-14-10-9-11-12(14)7-6-8-13(11)15(20-4)16(18)19/h6-8,14-16H,9-10H2,1-5H3. The fraction of sp³-hybridized carbons (Fsp3) is 0.647. The first-order chi connectivity index (χ1) is 10.3. The van der Waals surface area contributed by atoms with Crippen LogP contribution in [0.15, 0.2) is 18.2 Å². The molecular weight excluding hydrogens is 302 g/mol. The molecule has 1 aliphatic rings. The molecule has 1 aromatic rings. The molecule has 0 bridgehead atoms. The molecule has 0 saturated carbocycles. The fourth-order valence-electron chi connectivity index (χ4n) is 2.79. The van der Waals surface area contributed by atoms with Crippen molar-refractivity contribution in [2.45, 2.75) is 63.8 Å². The lowest BCUT2D eigenvalue weighted by Crippen LogP contribution is -2.27. The summed E-state index contributed by atoms with van der Waals surface area (Å²) in [6.07, 6.45) is -1.99. The molecule has 0 spiro atoms. The van der Waals surface area contributed by atoms with Crippen molar-refractivity contribution in [3.63, 3.8) is 0 Å². The van der Waals surface area contributed by atoms with Crippen LogP contribution in [0.5, 0.6) is 0 Å². The summed E-state index contributed by atoms with van der Waals surface area (Å²) >= 11 is 0. The maximum absolute atomic E-state index is 13.2. The van der Waals surface area contributed by atoms with Gasteiger partial charge in [-0.25, -0.2) is 8.78 Å². The van der Waals surface area contributed by atoms with E-state index in [1.165, 1.54) is 7.11 Å². The summed E-state index contributed by atoms with van der Waals surface area (Å²) in [4.78, 5) is 0. The van der Waals surface area contributed by atoms with Crippen LogP contribution in [0.1, 0.15) is 56.1 Å². The lowest BCUT2D eigenvalue weighted by molar-refractivity contribution is -0.0347. The van der Waals surface area contributed by atoms with Crippen LogP contribution in [0.4, 0.5) is 8.78 Å². The molecule has 123 valence electrons. The molecule has 0 aliphatic heterocycles. The number of benzene rings is 1. The van der Waals surface area contributed by atoms with E-state index >= 15 is 0 Å². The van der Waals surface area contributed by atoms with E-state index < -0.39 is 21.6 Å². The van der Waals surface area contributed by atoms with Gasteiger partial charge in [-0.3, -0.25) is 0 Å². The molecule has 5 heteroatoms. The van der Waals surface area contributed by atoms with Gasteiger partial charge in [0.1, 0.15) is 6.10 Å². The molecule has 1 radical (unpaired) electrons. The second-order valence-corrected chi connectivity index (χ2v) is 9.71. The highest BCUT2D eigenvalue weighted by molar-refractivity contribution is 6.53. The largest absolute Gasteiger partial charge is 0.409 e. The highest BCUT2D eigenvalue weighted by Gasteiger charge is 2.34. The van der Waals surface area contributed by atoms with Crippen LogP contribution in [-0.2, 0) is 15.6 Å². The SMILES string of the molecule is COC(c1cccc2c1CCC2O[Si](C)C(C)(C)C)C(F)F. The summed E-state index contributed by atoms with van der Waals surface area (Å²) in [5, 5.41) is 0.156. The van der Waals surface area contributed by atoms with Gasteiger partial charge >= 0.3 is 0 Å². The average Bonchev–Trinajstić information content (AvgIpc) is 2.82. The van der Waals surface area contributed by atoms with Crippen molar-refractivity contribution in [1.82, 2.24) is 0 Å². The molecule has 2 rings (SSSR count). The first-order valence-corrected chi connectivity index (χ1v) is 9.59. The van der Waals surface area contributed by atoms with Gasteiger partial charge in [-0.1, -0.05) is 39.0 Å². The molecule has 0 saturated heterocycles. The third kappa shape index (κ3) is 3.58. The molecule has 2 nitrogen and oxygen atoms in total. The van der Waals surface area contributed by atoms with Gasteiger partial charge in [0.15, 0.2) is 0 Å². The van der Waals surface area contributed by atoms with Crippen LogP contribution in [-0.4, -0.2) is 22.6 Å². The number of hydrogen-bond donors (Lipinski definition) is 0. The minimum Gasteiger partial charge on any atom is -0.409 e. The smallest absolute Gasteiger partial charge is 0.268 e. The monoisotopic (exact) mass is 327 g/mol. The normalized spacial score (nSPS) is 19.8. The minimum atomic E-state index is -2.52. The van der Waals surface area contributed by atoms with E-state index in [-0.39, 0.29) is 11.1 Å². The van der Waals surface area contributed by atoms with E-state index in [2.05, 4.69) is 27.3 Å². The Morgan fingerprint density at radius 3 is 2.50 bits per heavy atom. The Kier molecular flexibility index (Phi) is 5.40. The van der Waals surface area contributed by atoms with Crippen molar-refractivity contribution in [2.75, 3.05) is 7.11 Å². The topological polar surface area (TPSA) is 18.5 Å². The zero-order valence-corrected chi connectivity index (χ0v) is 15.0. The molecule has 0 heterocycles. The molecule has 1 aliphatic carbocycles. The van der Waals surface area contributed by atoms with Crippen LogP contribution >= 0.6 is 0 Å². The van der Waals surface area contributed by atoms with Gasteiger partial charge in [0, 0.05) is 7.11 Å². The molecular formula is C17H25F2O2Si. The Labute approximate surface area is 133 Å². The fourth-order valence-corrected chi connectivity index (χ4v) is 3.81. The summed E-state index contributed by atoms with van der Waals surface area (Å²) in [6.45, 7) is 8.73. The van der Waals surface area contributed by atoms with Crippen molar-refractivity contribution in [1.29, 1.82) is 0 Å². The molecule has 0 amide bonds. The Morgan fingerprint density at radius 1 is 1.27 bits per heavy atom. The highest BCUT2D eigenvalue weighted by atomic mass is 28.3. The van der Waals surface area contributed by atoms with Crippen LogP contribution in [0.3, 0.4) is 0 Å². The first kappa shape index (κ1) is 17.6. The zero-order valence-electron chi connectivity index (χ0n) is 14.0. The van der Waals surface area contributed by atoms with Crippen molar-refractivity contribution in [2.24, 2.45) is 0 Å². The van der Waals surface area contributed by atoms with Crippen LogP contribution in [0, 0.1) is 0 Å². The molecule has 0 N–H and O–H groups in total. The number of alkyl halides is 2. The van der Waals surface area contributed by atoms with E-state index in [4.69, 9.17) is 9.16 Å². The van der Waals surface area contributed by atoms with Crippen molar-refractivity contribution < 1.29 is 17.9 Å². The van der Waals surface area contributed by atoms with Crippen molar-refractivity contribution in [3.8, 4) is 0 Å². The number of halogens is 2. The summed E-state index contributed by atoms with van der Waals surface area (Å²) < 4.78 is 37.6. The minimum absolute atomic E-state index is 0.0308. The number of methoxy groups -OCH3 is 1. The number of ether oxygens (including phenoxy) is 1. The number of hydrogen-bond acceptors (Lipinski definition) is 2. The molecule has 0 fully saturated rings. The van der Waals surface area contributed by atoms with Gasteiger partial charge < -0.3 is 9.16 Å². The van der Waals surface area contributed by atoms with Crippen LogP contribution in [0.25, 0.3) is 0 Å². The van der Waals surface area contributed by atoms with Gasteiger partial charge in [0.2, 0.25) is 9.04 Å². The maximum Gasteiger partial charge on any atom is 0.268 e. The third-order valence-electron chi connectivity index (χ3n) is 4.42. The lowest BCUT2D eigenvalue weighted by atomic mass is 9.99. The van der Waals surface area contributed by atoms with Gasteiger partial charge in [-0.15, -0.1) is 0 Å². The summed E-state index contributed by atoms with van der Waals surface area (Å²) in [5.41, 5.74) is 2.67. The Hall–Kier alpha value is -0.783. The lowest BCUT2D eigenvalue weighted by Gasteiger charge is -2.28. The molecule has 2 unspecified atom stereocenters. The van der Waals surface area contributed by atoms with E-state index in [9.17, 15) is 8.78 Å². The maximum atomic E-state index is 13.2. The Bertz CT molecular complexity index is 514. The summed E-state index contributed by atoms with van der Waals surface area (Å²) in [5.74, 6) is 0. The number of fused-ring (bicyclic) bond motifs is 1. The predicted molar refractivity (Wildman–Crippen MR) is 85.7 cm³/mol. The van der Waals surface area contributed by atoms with Gasteiger partial charge in [-0.05, 0) is 41.1 Å². The quantitative estimate of drug-likeness (QED) is 0.703. The van der Waals surface area contributed by atoms with Gasteiger partial charge in [0.05, 0.1) is 6.10 Å². The second kappa shape index (κ2) is 6.77. The van der Waals surface area contributed by atoms with Crippen LogP contribution < -0.4 is 0 Å². The first-order valence-electron chi connectivity index (χ1n) is 7.69. The summed E-state index contributed by atoms with van der Waals surface area (Å²) in [7, 11) is 0.376. The molecule has 2 atom stereocenters. The predicted octanol–water partition coefficient (Wildman–Crippen LogP) is 5.06. The molecule has 1 aromatic carbocycles. The van der Waals surface area contributed by atoms with Gasteiger partial charge in [-0.2, -0.15) is 0 Å². The Morgan fingerprint density at radius 2 is 1.95 bits per heavy atom. The summed E-state index contributed by atoms with van der Waals surface area (Å²) in [6, 6.07) is 5.60. The number of rotatable bonds is 5. The molecule has 0 aromatic heterocycles. The van der Waals surface area contributed by atoms with Crippen LogP contribution in [0.2, 0.25) is 11.6 Å². The van der Waals surface area contributed by atoms with Crippen molar-refractivity contribution >= 4 is 9.04 Å². The van der Waals surface area contributed by atoms with E-state index in [0.29, 0.717) is 5.56 Å². The average molecular weight is 327 g/mol. The Balaban J connectivity index is 2.26. The zero-order chi connectivity index (χ0) is 16.5. The van der Waals surface area contributed by atoms with E-state index in [1.54, 1.807) is 6.07 Å². The van der Waals surface area contributed by atoms with Crippen molar-refractivity contribution in [3.05, 3.63) is 34.9 Å². The van der Waals surface area contributed by atoms with E-state index in [0.717, 1.165) is 24.0 Å². The molecule has 22 heavy (non-hydrogen) atoms. The second-order valence-electron chi connectivity index (χ2n) is 6.86. The third-order valence-corrected chi connectivity index (χ3v) is 7.17.